The molecule has 1 aliphatic heterocycles. The van der Waals surface area contributed by atoms with Crippen molar-refractivity contribution >= 4 is 57.1 Å². The molecule has 2 N–H and O–H groups in total. The van der Waals surface area contributed by atoms with Crippen LogP contribution in [0.15, 0.2) is 72.9 Å². The molecule has 226 valence electrons. The molecule has 1 atom stereocenters. The van der Waals surface area contributed by atoms with Gasteiger partial charge < -0.3 is 29.7 Å². The molecule has 2 heterocycles. The van der Waals surface area contributed by atoms with Crippen LogP contribution >= 0.6 is 23.2 Å². The van der Waals surface area contributed by atoms with Gasteiger partial charge >= 0.3 is 0 Å². The van der Waals surface area contributed by atoms with Crippen LogP contribution in [0.4, 0.5) is 17.1 Å². The summed E-state index contributed by atoms with van der Waals surface area (Å²) in [6.45, 7) is 2.01. The number of rotatable bonds is 11. The van der Waals surface area contributed by atoms with Crippen LogP contribution in [0.25, 0.3) is 10.9 Å². The molecule has 11 heteroatoms. The lowest BCUT2D eigenvalue weighted by Gasteiger charge is -2.19. The molecule has 0 saturated carbocycles. The van der Waals surface area contributed by atoms with Gasteiger partial charge in [0.1, 0.15) is 30.3 Å². The van der Waals surface area contributed by atoms with Gasteiger partial charge in [-0.3, -0.25) is 9.78 Å². The zero-order valence-corrected chi connectivity index (χ0v) is 25.8. The summed E-state index contributed by atoms with van der Waals surface area (Å²) in [4.78, 5) is 19.3. The van der Waals surface area contributed by atoms with E-state index in [0.29, 0.717) is 81.4 Å². The maximum atomic E-state index is 12.8. The van der Waals surface area contributed by atoms with Crippen molar-refractivity contribution < 1.29 is 19.0 Å². The van der Waals surface area contributed by atoms with E-state index in [9.17, 15) is 10.1 Å². The Balaban J connectivity index is 1.44. The van der Waals surface area contributed by atoms with Crippen LogP contribution in [0.1, 0.15) is 17.5 Å². The van der Waals surface area contributed by atoms with Crippen LogP contribution in [0.2, 0.25) is 10.0 Å². The molecule has 3 aromatic carbocycles. The average Bonchev–Trinajstić information content (AvgIpc) is 3.51. The Bertz CT molecular complexity index is 1710. The van der Waals surface area contributed by atoms with E-state index in [2.05, 4.69) is 21.7 Å². The summed E-state index contributed by atoms with van der Waals surface area (Å²) in [5, 5.41) is 17.9. The smallest absolute Gasteiger partial charge is 0.248 e. The molecule has 1 amide bonds. The van der Waals surface area contributed by atoms with Gasteiger partial charge in [-0.2, -0.15) is 5.26 Å². The lowest BCUT2D eigenvalue weighted by molar-refractivity contribution is -0.111. The van der Waals surface area contributed by atoms with E-state index in [-0.39, 0.29) is 12.0 Å². The largest absolute Gasteiger partial charge is 0.487 e. The normalized spacial score (nSPS) is 14.6. The number of pyridine rings is 1. The second-order valence-electron chi connectivity index (χ2n) is 10.5. The van der Waals surface area contributed by atoms with E-state index in [4.69, 9.17) is 37.4 Å². The number of aromatic nitrogens is 1. The second-order valence-corrected chi connectivity index (χ2v) is 11.3. The van der Waals surface area contributed by atoms with Crippen molar-refractivity contribution in [2.45, 2.75) is 19.1 Å². The van der Waals surface area contributed by atoms with Crippen LogP contribution in [-0.4, -0.2) is 55.7 Å². The molecule has 1 aliphatic rings. The van der Waals surface area contributed by atoms with Gasteiger partial charge in [0.2, 0.25) is 5.91 Å². The van der Waals surface area contributed by atoms with E-state index in [1.807, 2.05) is 37.2 Å². The first kappa shape index (κ1) is 31.1. The van der Waals surface area contributed by atoms with Crippen molar-refractivity contribution in [3.8, 4) is 17.6 Å². The number of nitrogens with one attached hydrogen (secondary N) is 2. The fourth-order valence-corrected chi connectivity index (χ4v) is 4.91. The van der Waals surface area contributed by atoms with E-state index >= 15 is 0 Å². The third kappa shape index (κ3) is 7.98. The van der Waals surface area contributed by atoms with Crippen molar-refractivity contribution in [2.75, 3.05) is 44.5 Å². The number of likely N-dealkylation sites (N-methyl/N-ethyl adjacent to an activating group) is 1. The number of ether oxygens (including phenoxy) is 3. The van der Waals surface area contributed by atoms with Crippen LogP contribution in [0.3, 0.4) is 0 Å². The van der Waals surface area contributed by atoms with Crippen molar-refractivity contribution in [2.24, 2.45) is 0 Å². The van der Waals surface area contributed by atoms with Crippen LogP contribution < -0.4 is 20.1 Å². The van der Waals surface area contributed by atoms with Gasteiger partial charge in [-0.15, -0.1) is 0 Å². The molecule has 44 heavy (non-hydrogen) atoms. The maximum Gasteiger partial charge on any atom is 0.248 e. The quantitative estimate of drug-likeness (QED) is 0.171. The summed E-state index contributed by atoms with van der Waals surface area (Å²) < 4.78 is 17.6. The molecule has 1 saturated heterocycles. The number of hydrogen-bond acceptors (Lipinski definition) is 8. The molecular formula is C33H31Cl2N5O4. The number of nitriles is 1. The standard InChI is InChI=1S/C33H31Cl2N5O4/c1-40(2)12-3-4-32(41)39-29-15-26-28(16-31(29)44-25-11-13-42-20-25)37-18-22(17-36)33(26)38-24-9-10-30(27(35)14-24)43-19-21-5-7-23(34)8-6-21/h3-10,14-16,18,25H,11-13,19-20H2,1-2H3,(H,37,38)(H,39,41)/b4-3+/t25-/m0/s1. The third-order valence-electron chi connectivity index (χ3n) is 6.78. The van der Waals surface area contributed by atoms with E-state index < -0.39 is 0 Å². The number of halogens is 2. The minimum atomic E-state index is -0.307. The summed E-state index contributed by atoms with van der Waals surface area (Å²) in [5.74, 6) is 0.673. The Kier molecular flexibility index (Phi) is 10.2. The Morgan fingerprint density at radius 2 is 1.98 bits per heavy atom. The summed E-state index contributed by atoms with van der Waals surface area (Å²) in [6, 6.07) is 18.4. The highest BCUT2D eigenvalue weighted by molar-refractivity contribution is 6.32. The number of nitrogens with zero attached hydrogens (tertiary/aromatic N) is 3. The number of carbonyl (C=O) groups is 1. The summed E-state index contributed by atoms with van der Waals surface area (Å²) >= 11 is 12.5. The first-order valence-corrected chi connectivity index (χ1v) is 14.7. The Labute approximate surface area is 265 Å². The van der Waals surface area contributed by atoms with E-state index in [0.717, 1.165) is 12.0 Å². The predicted molar refractivity (Wildman–Crippen MR) is 173 cm³/mol. The number of benzene rings is 3. The molecule has 4 aromatic rings. The molecule has 1 fully saturated rings. The number of amides is 1. The highest BCUT2D eigenvalue weighted by Crippen LogP contribution is 2.38. The van der Waals surface area contributed by atoms with E-state index in [1.165, 1.54) is 12.3 Å². The molecule has 9 nitrogen and oxygen atoms in total. The zero-order valence-electron chi connectivity index (χ0n) is 24.3. The molecule has 5 rings (SSSR count). The van der Waals surface area contributed by atoms with Crippen molar-refractivity contribution in [1.29, 1.82) is 5.26 Å². The number of carbonyl (C=O) groups excluding carboxylic acids is 1. The van der Waals surface area contributed by atoms with Crippen LogP contribution in [0.5, 0.6) is 11.5 Å². The Morgan fingerprint density at radius 3 is 2.68 bits per heavy atom. The fraction of sp³-hybridized carbons (Fsp3) is 0.242. The summed E-state index contributed by atoms with van der Waals surface area (Å²) in [6.07, 6.45) is 5.35. The Hall–Kier alpha value is -4.33. The Morgan fingerprint density at radius 1 is 1.16 bits per heavy atom. The topological polar surface area (TPSA) is 109 Å². The third-order valence-corrected chi connectivity index (χ3v) is 7.33. The molecule has 0 spiro atoms. The molecule has 1 aromatic heterocycles. The van der Waals surface area contributed by atoms with Gasteiger partial charge in [-0.1, -0.05) is 41.4 Å². The number of anilines is 3. The highest BCUT2D eigenvalue weighted by Gasteiger charge is 2.21. The number of fused-ring (bicyclic) bond motifs is 1. The number of hydrogen-bond donors (Lipinski definition) is 2. The first-order valence-electron chi connectivity index (χ1n) is 14.0. The van der Waals surface area contributed by atoms with Crippen molar-refractivity contribution in [3.63, 3.8) is 0 Å². The monoisotopic (exact) mass is 631 g/mol. The zero-order chi connectivity index (χ0) is 31.1. The molecular weight excluding hydrogens is 601 g/mol. The van der Waals surface area contributed by atoms with Gasteiger partial charge in [0.15, 0.2) is 0 Å². The minimum absolute atomic E-state index is 0.147. The first-order chi connectivity index (χ1) is 21.3. The highest BCUT2D eigenvalue weighted by atomic mass is 35.5. The minimum Gasteiger partial charge on any atom is -0.487 e. The molecule has 0 radical (unpaired) electrons. The lowest BCUT2D eigenvalue weighted by atomic mass is 10.1. The average molecular weight is 633 g/mol. The van der Waals surface area contributed by atoms with Crippen LogP contribution in [-0.2, 0) is 16.1 Å². The van der Waals surface area contributed by atoms with Crippen molar-refractivity contribution in [3.05, 3.63) is 94.1 Å². The summed E-state index contributed by atoms with van der Waals surface area (Å²) in [7, 11) is 3.84. The van der Waals surface area contributed by atoms with Gasteiger partial charge in [0.05, 0.1) is 40.7 Å². The molecule has 0 unspecified atom stereocenters. The van der Waals surface area contributed by atoms with Crippen molar-refractivity contribution in [1.82, 2.24) is 9.88 Å². The molecule has 0 bridgehead atoms. The van der Waals surface area contributed by atoms with Gasteiger partial charge in [0.25, 0.3) is 0 Å². The maximum absolute atomic E-state index is 12.8. The van der Waals surface area contributed by atoms with Crippen LogP contribution in [0, 0.1) is 11.3 Å². The summed E-state index contributed by atoms with van der Waals surface area (Å²) in [5.41, 5.74) is 3.45. The fourth-order valence-electron chi connectivity index (χ4n) is 4.55. The second kappa shape index (κ2) is 14.4. The lowest BCUT2D eigenvalue weighted by Crippen LogP contribution is -2.18. The van der Waals surface area contributed by atoms with Gasteiger partial charge in [-0.05, 0) is 56.1 Å². The van der Waals surface area contributed by atoms with E-state index in [1.54, 1.807) is 42.5 Å². The predicted octanol–water partition coefficient (Wildman–Crippen LogP) is 6.96. The van der Waals surface area contributed by atoms with Gasteiger partial charge in [-0.25, -0.2) is 0 Å². The van der Waals surface area contributed by atoms with Gasteiger partial charge in [0, 0.05) is 47.4 Å². The SMILES string of the molecule is CN(C)C/C=C/C(=O)Nc1cc2c(Nc3ccc(OCc4ccc(Cl)cc4)c(Cl)c3)c(C#N)cnc2cc1O[C@H]1CCOC1. The molecule has 0 aliphatic carbocycles.